The van der Waals surface area contributed by atoms with Gasteiger partial charge in [0, 0.05) is 39.8 Å². The van der Waals surface area contributed by atoms with Crippen molar-refractivity contribution in [1.82, 2.24) is 15.1 Å². The first kappa shape index (κ1) is 26.2. The van der Waals surface area contributed by atoms with Crippen molar-refractivity contribution in [2.75, 3.05) is 71.2 Å². The van der Waals surface area contributed by atoms with Gasteiger partial charge in [-0.25, -0.2) is 4.79 Å². The summed E-state index contributed by atoms with van der Waals surface area (Å²) in [6.45, 7) is 6.38. The minimum absolute atomic E-state index is 0.00283. The third-order valence-corrected chi connectivity index (χ3v) is 6.19. The van der Waals surface area contributed by atoms with E-state index in [0.717, 1.165) is 44.6 Å². The van der Waals surface area contributed by atoms with E-state index in [4.69, 9.17) is 15.2 Å². The molecular formula is C26H37N5O4. The number of ether oxygens (including phenoxy) is 2. The van der Waals surface area contributed by atoms with Crippen molar-refractivity contribution in [2.24, 2.45) is 0 Å². The number of methoxy groups -OCH3 is 1. The molecule has 1 heterocycles. The highest BCUT2D eigenvalue weighted by atomic mass is 16.5. The number of nitrogens with zero attached hydrogens (tertiary/aromatic N) is 3. The van der Waals surface area contributed by atoms with Crippen LogP contribution in [0, 0.1) is 6.92 Å². The second-order valence-corrected chi connectivity index (χ2v) is 8.83. The lowest BCUT2D eigenvalue weighted by Crippen LogP contribution is -2.50. The maximum absolute atomic E-state index is 13.2. The molecule has 1 aliphatic heterocycles. The van der Waals surface area contributed by atoms with E-state index in [1.54, 1.807) is 25.2 Å². The van der Waals surface area contributed by atoms with Gasteiger partial charge in [0.15, 0.2) is 0 Å². The Bertz CT molecular complexity index is 1020. The Morgan fingerprint density at radius 1 is 1.09 bits per heavy atom. The van der Waals surface area contributed by atoms with Gasteiger partial charge in [-0.2, -0.15) is 0 Å². The number of benzene rings is 2. The van der Waals surface area contributed by atoms with Gasteiger partial charge in [0.2, 0.25) is 0 Å². The molecule has 3 rings (SSSR count). The summed E-state index contributed by atoms with van der Waals surface area (Å²) in [4.78, 5) is 31.1. The number of amides is 3. The van der Waals surface area contributed by atoms with E-state index in [2.05, 4.69) is 17.3 Å². The average Bonchev–Trinajstić information content (AvgIpc) is 2.85. The SMILES string of the molecule is COc1cccc(C(=O)N(C)c2ccc(C)cc2OCCCCNC(=O)N2CCN(C)CC2)c1N. The first-order chi connectivity index (χ1) is 16.8. The molecule has 2 aromatic carbocycles. The predicted molar refractivity (Wildman–Crippen MR) is 139 cm³/mol. The van der Waals surface area contributed by atoms with Gasteiger partial charge in [-0.1, -0.05) is 12.1 Å². The Morgan fingerprint density at radius 3 is 2.54 bits per heavy atom. The Hall–Kier alpha value is -3.46. The standard InChI is InChI=1S/C26H37N5O4/c1-19-10-11-21(30(3)25(32)20-8-7-9-22(34-4)24(20)27)23(18-19)35-17-6-5-12-28-26(33)31-15-13-29(2)14-16-31/h7-11,18H,5-6,12-17,27H2,1-4H3,(H,28,33). The van der Waals surface area contributed by atoms with Crippen LogP contribution >= 0.6 is 0 Å². The lowest BCUT2D eigenvalue weighted by atomic mass is 10.1. The zero-order valence-electron chi connectivity index (χ0n) is 21.2. The summed E-state index contributed by atoms with van der Waals surface area (Å²) in [5, 5.41) is 2.99. The second-order valence-electron chi connectivity index (χ2n) is 8.83. The van der Waals surface area contributed by atoms with Gasteiger partial charge in [0.25, 0.3) is 5.91 Å². The molecule has 0 unspecified atom stereocenters. The number of nitrogens with two attached hydrogens (primary N) is 1. The molecule has 0 spiro atoms. The van der Waals surface area contributed by atoms with Gasteiger partial charge in [-0.3, -0.25) is 4.79 Å². The first-order valence-corrected chi connectivity index (χ1v) is 12.0. The number of unbranched alkanes of at least 4 members (excludes halogenated alkanes) is 1. The Labute approximate surface area is 207 Å². The number of likely N-dealkylation sites (N-methyl/N-ethyl adjacent to an activating group) is 1. The molecule has 0 radical (unpaired) electrons. The topological polar surface area (TPSA) is 100 Å². The van der Waals surface area contributed by atoms with Crippen LogP contribution in [0.15, 0.2) is 36.4 Å². The maximum atomic E-state index is 13.2. The number of rotatable bonds is 9. The van der Waals surface area contributed by atoms with Crippen molar-refractivity contribution in [3.8, 4) is 11.5 Å². The second kappa shape index (κ2) is 12.3. The van der Waals surface area contributed by atoms with Crippen LogP contribution in [0.25, 0.3) is 0 Å². The van der Waals surface area contributed by atoms with E-state index in [1.165, 1.54) is 12.0 Å². The lowest BCUT2D eigenvalue weighted by Gasteiger charge is -2.32. The summed E-state index contributed by atoms with van der Waals surface area (Å²) in [7, 11) is 5.29. The average molecular weight is 484 g/mol. The number of anilines is 2. The highest BCUT2D eigenvalue weighted by Gasteiger charge is 2.21. The molecule has 0 aromatic heterocycles. The summed E-state index contributed by atoms with van der Waals surface area (Å²) in [6, 6.07) is 10.9. The highest BCUT2D eigenvalue weighted by molar-refractivity contribution is 6.10. The van der Waals surface area contributed by atoms with Crippen molar-refractivity contribution < 1.29 is 19.1 Å². The summed E-state index contributed by atoms with van der Waals surface area (Å²) in [5.41, 5.74) is 8.50. The van der Waals surface area contributed by atoms with E-state index in [-0.39, 0.29) is 11.9 Å². The van der Waals surface area contributed by atoms with Gasteiger partial charge in [-0.05, 0) is 56.6 Å². The van der Waals surface area contributed by atoms with Crippen LogP contribution in [0.4, 0.5) is 16.2 Å². The predicted octanol–water partition coefficient (Wildman–Crippen LogP) is 2.98. The molecule has 0 atom stereocenters. The van der Waals surface area contributed by atoms with Crippen LogP contribution in [-0.2, 0) is 0 Å². The van der Waals surface area contributed by atoms with Gasteiger partial charge in [0.05, 0.1) is 30.7 Å². The molecule has 0 bridgehead atoms. The molecule has 3 amide bonds. The van der Waals surface area contributed by atoms with E-state index in [0.29, 0.717) is 41.6 Å². The van der Waals surface area contributed by atoms with Gasteiger partial charge < -0.3 is 35.2 Å². The zero-order valence-corrected chi connectivity index (χ0v) is 21.2. The number of hydrogen-bond donors (Lipinski definition) is 2. The Balaban J connectivity index is 1.53. The summed E-state index contributed by atoms with van der Waals surface area (Å²) in [5.74, 6) is 0.842. The summed E-state index contributed by atoms with van der Waals surface area (Å²) < 4.78 is 11.3. The minimum atomic E-state index is -0.248. The fraction of sp³-hybridized carbons (Fsp3) is 0.462. The molecule has 1 fully saturated rings. The molecule has 3 N–H and O–H groups in total. The quantitative estimate of drug-likeness (QED) is 0.420. The van der Waals surface area contributed by atoms with Crippen molar-refractivity contribution >= 4 is 23.3 Å². The smallest absolute Gasteiger partial charge is 0.317 e. The molecule has 0 aliphatic carbocycles. The minimum Gasteiger partial charge on any atom is -0.495 e. The number of carbonyl (C=O) groups is 2. The number of nitrogens with one attached hydrogen (secondary N) is 1. The number of para-hydroxylation sites is 1. The fourth-order valence-electron chi connectivity index (χ4n) is 3.94. The zero-order chi connectivity index (χ0) is 25.4. The number of nitrogen functional groups attached to an aromatic ring is 1. The van der Waals surface area contributed by atoms with Gasteiger partial charge in [0.1, 0.15) is 11.5 Å². The lowest BCUT2D eigenvalue weighted by molar-refractivity contribution is 0.0992. The first-order valence-electron chi connectivity index (χ1n) is 12.0. The largest absolute Gasteiger partial charge is 0.495 e. The van der Waals surface area contributed by atoms with E-state index >= 15 is 0 Å². The molecule has 0 saturated carbocycles. The van der Waals surface area contributed by atoms with Crippen LogP contribution in [0.1, 0.15) is 28.8 Å². The molecule has 9 heteroatoms. The molecule has 1 aliphatic rings. The van der Waals surface area contributed by atoms with Crippen LogP contribution in [0.5, 0.6) is 11.5 Å². The van der Waals surface area contributed by atoms with Gasteiger partial charge >= 0.3 is 6.03 Å². The monoisotopic (exact) mass is 483 g/mol. The Kier molecular flexibility index (Phi) is 9.19. The summed E-state index contributed by atoms with van der Waals surface area (Å²) >= 11 is 0. The summed E-state index contributed by atoms with van der Waals surface area (Å²) in [6.07, 6.45) is 1.58. The van der Waals surface area contributed by atoms with E-state index < -0.39 is 0 Å². The van der Waals surface area contributed by atoms with E-state index in [9.17, 15) is 9.59 Å². The van der Waals surface area contributed by atoms with Crippen LogP contribution in [0.2, 0.25) is 0 Å². The molecular weight excluding hydrogens is 446 g/mol. The third-order valence-electron chi connectivity index (χ3n) is 6.19. The molecule has 1 saturated heterocycles. The van der Waals surface area contributed by atoms with Crippen molar-refractivity contribution in [3.63, 3.8) is 0 Å². The van der Waals surface area contributed by atoms with Crippen LogP contribution < -0.4 is 25.4 Å². The highest BCUT2D eigenvalue weighted by Crippen LogP contribution is 2.32. The molecule has 9 nitrogen and oxygen atoms in total. The molecule has 2 aromatic rings. The van der Waals surface area contributed by atoms with Crippen molar-refractivity contribution in [3.05, 3.63) is 47.5 Å². The maximum Gasteiger partial charge on any atom is 0.317 e. The number of piperazine rings is 1. The number of aryl methyl sites for hydroxylation is 1. The van der Waals surface area contributed by atoms with Crippen LogP contribution in [0.3, 0.4) is 0 Å². The molecule has 35 heavy (non-hydrogen) atoms. The number of urea groups is 1. The van der Waals surface area contributed by atoms with E-state index in [1.807, 2.05) is 30.0 Å². The number of hydrogen-bond acceptors (Lipinski definition) is 6. The van der Waals surface area contributed by atoms with Crippen LogP contribution in [-0.4, -0.2) is 82.3 Å². The Morgan fingerprint density at radius 2 is 1.83 bits per heavy atom. The third kappa shape index (κ3) is 6.79. The van der Waals surface area contributed by atoms with Gasteiger partial charge in [-0.15, -0.1) is 0 Å². The van der Waals surface area contributed by atoms with Crippen molar-refractivity contribution in [2.45, 2.75) is 19.8 Å². The number of carbonyl (C=O) groups excluding carboxylic acids is 2. The molecule has 190 valence electrons. The van der Waals surface area contributed by atoms with Crippen molar-refractivity contribution in [1.29, 1.82) is 0 Å². The fourth-order valence-corrected chi connectivity index (χ4v) is 3.94. The normalized spacial score (nSPS) is 13.9.